The lowest BCUT2D eigenvalue weighted by Gasteiger charge is -2.26. The zero-order valence-corrected chi connectivity index (χ0v) is 29.5. The van der Waals surface area contributed by atoms with Crippen molar-refractivity contribution in [2.75, 3.05) is 4.90 Å². The minimum Gasteiger partial charge on any atom is -0.455 e. The first kappa shape index (κ1) is 31.0. The second-order valence-corrected chi connectivity index (χ2v) is 14.2. The van der Waals surface area contributed by atoms with Crippen molar-refractivity contribution in [3.05, 3.63) is 194 Å². The third kappa shape index (κ3) is 5.66. The molecule has 0 aliphatic heterocycles. The van der Waals surface area contributed by atoms with Crippen LogP contribution in [0.3, 0.4) is 0 Å². The van der Waals surface area contributed by atoms with E-state index in [4.69, 9.17) is 9.40 Å². The second-order valence-electron chi connectivity index (χ2n) is 13.2. The van der Waals surface area contributed by atoms with Gasteiger partial charge in [-0.05, 0) is 76.3 Å². The highest BCUT2D eigenvalue weighted by Gasteiger charge is 2.21. The summed E-state index contributed by atoms with van der Waals surface area (Å²) >= 11 is 1.73. The predicted molar refractivity (Wildman–Crippen MR) is 223 cm³/mol. The fraction of sp³-hybridized carbons (Fsp3) is 0. The van der Waals surface area contributed by atoms with Gasteiger partial charge in [-0.25, -0.2) is 4.98 Å². The Labute approximate surface area is 311 Å². The highest BCUT2D eigenvalue weighted by molar-refractivity contribution is 7.21. The second kappa shape index (κ2) is 13.1. The molecule has 2 aromatic heterocycles. The van der Waals surface area contributed by atoms with Gasteiger partial charge >= 0.3 is 0 Å². The van der Waals surface area contributed by atoms with Gasteiger partial charge in [-0.2, -0.15) is 0 Å². The molecule has 0 bridgehead atoms. The topological polar surface area (TPSA) is 29.3 Å². The average Bonchev–Trinajstić information content (AvgIpc) is 3.83. The summed E-state index contributed by atoms with van der Waals surface area (Å²) in [6, 6.07) is 68.5. The summed E-state index contributed by atoms with van der Waals surface area (Å²) in [5.74, 6) is 0. The molecule has 0 aliphatic carbocycles. The zero-order chi connectivity index (χ0) is 35.1. The number of anilines is 3. The molecule has 0 atom stereocenters. The molecular weight excluding hydrogens is 665 g/mol. The Balaban J connectivity index is 1.11. The van der Waals surface area contributed by atoms with Gasteiger partial charge in [0.25, 0.3) is 0 Å². The number of aromatic nitrogens is 1. The first-order valence-electron chi connectivity index (χ1n) is 17.8. The van der Waals surface area contributed by atoms with Crippen molar-refractivity contribution in [3.8, 4) is 44.0 Å². The largest absolute Gasteiger partial charge is 0.455 e. The van der Waals surface area contributed by atoms with Crippen LogP contribution in [0.1, 0.15) is 0 Å². The number of benzene rings is 8. The maximum absolute atomic E-state index is 6.63. The van der Waals surface area contributed by atoms with Crippen molar-refractivity contribution in [3.63, 3.8) is 0 Å². The van der Waals surface area contributed by atoms with Crippen LogP contribution in [0.25, 0.3) is 76.1 Å². The first-order valence-corrected chi connectivity index (χ1v) is 18.6. The third-order valence-corrected chi connectivity index (χ3v) is 11.0. The van der Waals surface area contributed by atoms with Crippen molar-refractivity contribution >= 4 is 60.6 Å². The summed E-state index contributed by atoms with van der Waals surface area (Å²) < 4.78 is 7.77. The number of furan rings is 1. The van der Waals surface area contributed by atoms with Crippen LogP contribution in [0.15, 0.2) is 199 Å². The Morgan fingerprint density at radius 3 is 1.42 bits per heavy atom. The summed E-state index contributed by atoms with van der Waals surface area (Å²) in [4.78, 5) is 7.57. The van der Waals surface area contributed by atoms with Gasteiger partial charge < -0.3 is 9.32 Å². The van der Waals surface area contributed by atoms with Crippen LogP contribution in [-0.4, -0.2) is 4.98 Å². The summed E-state index contributed by atoms with van der Waals surface area (Å²) in [5, 5.41) is 3.22. The Morgan fingerprint density at radius 2 is 0.868 bits per heavy atom. The number of hydrogen-bond donors (Lipinski definition) is 0. The highest BCUT2D eigenvalue weighted by atomic mass is 32.1. The van der Waals surface area contributed by atoms with Crippen molar-refractivity contribution in [1.29, 1.82) is 0 Å². The fourth-order valence-electron chi connectivity index (χ4n) is 7.31. The van der Waals surface area contributed by atoms with E-state index in [-0.39, 0.29) is 0 Å². The minimum atomic E-state index is 0.862. The van der Waals surface area contributed by atoms with Crippen molar-refractivity contribution in [1.82, 2.24) is 4.98 Å². The first-order chi connectivity index (χ1) is 26.3. The number of thiazole rings is 1. The van der Waals surface area contributed by atoms with Gasteiger partial charge in [-0.1, -0.05) is 146 Å². The van der Waals surface area contributed by atoms with E-state index in [1.165, 1.54) is 22.3 Å². The maximum Gasteiger partial charge on any atom is 0.145 e. The number of rotatable bonds is 7. The van der Waals surface area contributed by atoms with Crippen LogP contribution in [0.5, 0.6) is 0 Å². The van der Waals surface area contributed by atoms with Crippen molar-refractivity contribution < 1.29 is 4.42 Å². The number of hydrogen-bond acceptors (Lipinski definition) is 4. The van der Waals surface area contributed by atoms with Gasteiger partial charge in [0.05, 0.1) is 15.8 Å². The van der Waals surface area contributed by atoms with E-state index in [9.17, 15) is 0 Å². The molecule has 53 heavy (non-hydrogen) atoms. The summed E-state index contributed by atoms with van der Waals surface area (Å²) in [6.07, 6.45) is 0. The molecule has 0 fully saturated rings. The fourth-order valence-corrected chi connectivity index (χ4v) is 8.33. The minimum absolute atomic E-state index is 0.862. The molecule has 0 spiro atoms. The molecule has 0 radical (unpaired) electrons. The summed E-state index contributed by atoms with van der Waals surface area (Å²) in [5.41, 5.74) is 13.9. The molecule has 10 aromatic rings. The van der Waals surface area contributed by atoms with Gasteiger partial charge in [-0.3, -0.25) is 0 Å². The lowest BCUT2D eigenvalue weighted by molar-refractivity contribution is 0.670. The zero-order valence-electron chi connectivity index (χ0n) is 28.7. The quantitative estimate of drug-likeness (QED) is 0.166. The lowest BCUT2D eigenvalue weighted by Crippen LogP contribution is -2.09. The Morgan fingerprint density at radius 1 is 0.415 bits per heavy atom. The molecular formula is C49H32N2OS. The molecule has 0 saturated carbocycles. The van der Waals surface area contributed by atoms with Crippen LogP contribution in [0, 0.1) is 0 Å². The lowest BCUT2D eigenvalue weighted by atomic mass is 10.00. The standard InChI is InChI=1S/C49H32N2OS/c1-4-12-33(13-5-1)35-20-26-39(27-21-35)51(40-28-22-36(23-29-40)34-14-6-2-7-15-34)41-30-24-37(25-31-41)46-47-45(53-49(50-47)38-16-8-3-9-17-38)32-43-42-18-10-11-19-44(42)52-48(43)46/h1-32H. The average molecular weight is 697 g/mol. The van der Waals surface area contributed by atoms with E-state index >= 15 is 0 Å². The van der Waals surface area contributed by atoms with Crippen molar-refractivity contribution in [2.45, 2.75) is 0 Å². The van der Waals surface area contributed by atoms with E-state index in [2.05, 4.69) is 181 Å². The van der Waals surface area contributed by atoms with Crippen LogP contribution in [-0.2, 0) is 0 Å². The Bertz CT molecular complexity index is 2760. The molecule has 0 unspecified atom stereocenters. The smallest absolute Gasteiger partial charge is 0.145 e. The molecule has 8 aromatic carbocycles. The van der Waals surface area contributed by atoms with E-state index < -0.39 is 0 Å². The molecule has 0 saturated heterocycles. The maximum atomic E-state index is 6.63. The van der Waals surface area contributed by atoms with E-state index in [1.807, 2.05) is 18.2 Å². The van der Waals surface area contributed by atoms with E-state index in [1.54, 1.807) is 11.3 Å². The van der Waals surface area contributed by atoms with Gasteiger partial charge in [0, 0.05) is 33.4 Å². The molecule has 4 heteroatoms. The molecule has 10 rings (SSSR count). The van der Waals surface area contributed by atoms with Gasteiger partial charge in [0.1, 0.15) is 16.2 Å². The number of para-hydroxylation sites is 1. The normalized spacial score (nSPS) is 11.4. The highest BCUT2D eigenvalue weighted by Crippen LogP contribution is 2.45. The van der Waals surface area contributed by atoms with Crippen molar-refractivity contribution in [2.24, 2.45) is 0 Å². The summed E-state index contributed by atoms with van der Waals surface area (Å²) in [6.45, 7) is 0. The molecule has 0 amide bonds. The molecule has 0 N–H and O–H groups in total. The van der Waals surface area contributed by atoms with Crippen LogP contribution < -0.4 is 4.90 Å². The van der Waals surface area contributed by atoms with Gasteiger partial charge in [-0.15, -0.1) is 11.3 Å². The molecule has 2 heterocycles. The Hall–Kier alpha value is -6.75. The SMILES string of the molecule is c1ccc(-c2ccc(N(c3ccc(-c4ccccc4)cc3)c3ccc(-c4c5nc(-c6ccccc6)sc5cc5c4oc4ccccc45)cc3)cc2)cc1. The number of nitrogens with zero attached hydrogens (tertiary/aromatic N) is 2. The van der Waals surface area contributed by atoms with Gasteiger partial charge in [0.15, 0.2) is 0 Å². The monoisotopic (exact) mass is 696 g/mol. The Kier molecular flexibility index (Phi) is 7.67. The predicted octanol–water partition coefficient (Wildman–Crippen LogP) is 14.3. The van der Waals surface area contributed by atoms with Crippen LogP contribution in [0.2, 0.25) is 0 Å². The van der Waals surface area contributed by atoms with Crippen LogP contribution >= 0.6 is 11.3 Å². The molecule has 250 valence electrons. The third-order valence-electron chi connectivity index (χ3n) is 9.93. The number of fused-ring (bicyclic) bond motifs is 4. The van der Waals surface area contributed by atoms with E-state index in [0.29, 0.717) is 0 Å². The molecule has 0 aliphatic rings. The summed E-state index contributed by atoms with van der Waals surface area (Å²) in [7, 11) is 0. The van der Waals surface area contributed by atoms with Crippen LogP contribution in [0.4, 0.5) is 17.1 Å². The van der Waals surface area contributed by atoms with Gasteiger partial charge in [0.2, 0.25) is 0 Å². The molecule has 3 nitrogen and oxygen atoms in total. The van der Waals surface area contributed by atoms with E-state index in [0.717, 1.165) is 70.9 Å².